The van der Waals surface area contributed by atoms with E-state index in [1.165, 1.54) is 6.08 Å². The van der Waals surface area contributed by atoms with Crippen LogP contribution in [-0.2, 0) is 4.74 Å². The molecule has 21 heavy (non-hydrogen) atoms. The number of amides is 1. The van der Waals surface area contributed by atoms with Crippen molar-refractivity contribution in [2.45, 2.75) is 32.8 Å². The van der Waals surface area contributed by atoms with Gasteiger partial charge in [-0.15, -0.1) is 0 Å². The maximum Gasteiger partial charge on any atom is 0.407 e. The molecule has 0 unspecified atom stereocenters. The largest absolute Gasteiger partial charge is 0.444 e. The summed E-state index contributed by atoms with van der Waals surface area (Å²) in [4.78, 5) is 11.3. The molecule has 1 rings (SSSR count). The number of carbonyl (C=O) groups is 1. The van der Waals surface area contributed by atoms with E-state index in [0.29, 0.717) is 13.0 Å². The summed E-state index contributed by atoms with van der Waals surface area (Å²) >= 11 is 0. The van der Waals surface area contributed by atoms with Gasteiger partial charge in [-0.1, -0.05) is 12.2 Å². The number of ether oxygens (including phenoxy) is 1. The maximum atomic E-state index is 13.5. The lowest BCUT2D eigenvalue weighted by atomic mass is 10.1. The fourth-order valence-corrected chi connectivity index (χ4v) is 1.54. The van der Waals surface area contributed by atoms with Crippen LogP contribution in [0.3, 0.4) is 0 Å². The summed E-state index contributed by atoms with van der Waals surface area (Å²) in [6.07, 6.45) is 2.78. The van der Waals surface area contributed by atoms with Gasteiger partial charge in [0.1, 0.15) is 17.2 Å². The third-order valence-electron chi connectivity index (χ3n) is 2.37. The molecule has 0 aliphatic heterocycles. The van der Waals surface area contributed by atoms with Crippen molar-refractivity contribution in [1.29, 1.82) is 0 Å². The summed E-state index contributed by atoms with van der Waals surface area (Å²) in [6.45, 7) is 5.60. The van der Waals surface area contributed by atoms with Gasteiger partial charge in [-0.05, 0) is 39.3 Å². The number of halogens is 2. The lowest BCUT2D eigenvalue weighted by Crippen LogP contribution is -2.32. The molecule has 0 radical (unpaired) electrons. The van der Waals surface area contributed by atoms with E-state index < -0.39 is 23.3 Å². The number of hydrogen-bond acceptors (Lipinski definition) is 3. The Morgan fingerprint density at radius 2 is 1.90 bits per heavy atom. The van der Waals surface area contributed by atoms with Crippen LogP contribution in [0.1, 0.15) is 32.8 Å². The minimum atomic E-state index is -0.719. The molecule has 1 aromatic rings. The number of hydrogen-bond donors (Lipinski definition) is 2. The monoisotopic (exact) mass is 298 g/mol. The normalized spacial score (nSPS) is 11.7. The molecule has 0 saturated heterocycles. The van der Waals surface area contributed by atoms with Crippen molar-refractivity contribution in [2.75, 3.05) is 12.3 Å². The number of nitrogen functional groups attached to an aromatic ring is 1. The molecule has 3 N–H and O–H groups in total. The van der Waals surface area contributed by atoms with Crippen molar-refractivity contribution in [3.05, 3.63) is 35.4 Å². The molecular formula is C15H20F2N2O2. The van der Waals surface area contributed by atoms with Crippen LogP contribution in [0.5, 0.6) is 0 Å². The SMILES string of the molecule is CC(C)(C)OC(=O)NCCC=Cc1c(F)cc(N)cc1F. The van der Waals surface area contributed by atoms with E-state index in [1.54, 1.807) is 26.8 Å². The van der Waals surface area contributed by atoms with Crippen LogP contribution in [0, 0.1) is 11.6 Å². The number of alkyl carbamates (subject to hydrolysis) is 1. The number of nitrogens with one attached hydrogen (secondary N) is 1. The second kappa shape index (κ2) is 7.06. The zero-order valence-electron chi connectivity index (χ0n) is 12.4. The predicted octanol–water partition coefficient (Wildman–Crippen LogP) is 3.48. The van der Waals surface area contributed by atoms with E-state index >= 15 is 0 Å². The molecule has 4 nitrogen and oxygen atoms in total. The second-order valence-corrected chi connectivity index (χ2v) is 5.52. The Hall–Kier alpha value is -2.11. The predicted molar refractivity (Wildman–Crippen MR) is 78.7 cm³/mol. The minimum absolute atomic E-state index is 0.0359. The second-order valence-electron chi connectivity index (χ2n) is 5.52. The van der Waals surface area contributed by atoms with Crippen LogP contribution in [0.4, 0.5) is 19.3 Å². The van der Waals surface area contributed by atoms with Gasteiger partial charge >= 0.3 is 6.09 Å². The van der Waals surface area contributed by atoms with Crippen molar-refractivity contribution >= 4 is 17.9 Å². The molecule has 6 heteroatoms. The van der Waals surface area contributed by atoms with Crippen LogP contribution in [0.15, 0.2) is 18.2 Å². The Bertz CT molecular complexity index is 514. The summed E-state index contributed by atoms with van der Waals surface area (Å²) in [7, 11) is 0. The van der Waals surface area contributed by atoms with Gasteiger partial charge in [-0.25, -0.2) is 13.6 Å². The molecule has 0 aliphatic rings. The van der Waals surface area contributed by atoms with Crippen LogP contribution in [0.2, 0.25) is 0 Å². The van der Waals surface area contributed by atoms with Gasteiger partial charge in [0.2, 0.25) is 0 Å². The molecule has 0 fully saturated rings. The van der Waals surface area contributed by atoms with Gasteiger partial charge in [0.25, 0.3) is 0 Å². The molecule has 0 heterocycles. The molecule has 116 valence electrons. The quantitative estimate of drug-likeness (QED) is 0.661. The first-order valence-electron chi connectivity index (χ1n) is 6.57. The molecule has 1 aromatic carbocycles. The maximum absolute atomic E-state index is 13.5. The number of benzene rings is 1. The van der Waals surface area contributed by atoms with E-state index in [9.17, 15) is 13.6 Å². The van der Waals surface area contributed by atoms with Crippen molar-refractivity contribution in [3.63, 3.8) is 0 Å². The first-order chi connectivity index (χ1) is 9.69. The van der Waals surface area contributed by atoms with Crippen molar-refractivity contribution < 1.29 is 18.3 Å². The highest BCUT2D eigenvalue weighted by Gasteiger charge is 2.15. The number of anilines is 1. The van der Waals surface area contributed by atoms with Crippen LogP contribution < -0.4 is 11.1 Å². The standard InChI is InChI=1S/C15H20F2N2O2/c1-15(2,3)21-14(20)19-7-5-4-6-11-12(16)8-10(18)9-13(11)17/h4,6,8-9H,5,7,18H2,1-3H3,(H,19,20). The zero-order valence-corrected chi connectivity index (χ0v) is 12.4. The average molecular weight is 298 g/mol. The zero-order chi connectivity index (χ0) is 16.0. The Morgan fingerprint density at radius 1 is 1.33 bits per heavy atom. The van der Waals surface area contributed by atoms with Gasteiger partial charge in [-0.2, -0.15) is 0 Å². The Labute approximate surface area is 123 Å². The van der Waals surface area contributed by atoms with Gasteiger partial charge in [0, 0.05) is 17.8 Å². The minimum Gasteiger partial charge on any atom is -0.444 e. The van der Waals surface area contributed by atoms with Gasteiger partial charge < -0.3 is 15.8 Å². The smallest absolute Gasteiger partial charge is 0.407 e. The number of rotatable bonds is 4. The summed E-state index contributed by atoms with van der Waals surface area (Å²) in [6, 6.07) is 2.11. The molecule has 0 spiro atoms. The summed E-state index contributed by atoms with van der Waals surface area (Å²) in [5.41, 5.74) is 4.65. The lowest BCUT2D eigenvalue weighted by Gasteiger charge is -2.19. The summed E-state index contributed by atoms with van der Waals surface area (Å²) < 4.78 is 32.0. The van der Waals surface area contributed by atoms with E-state index in [0.717, 1.165) is 12.1 Å². The van der Waals surface area contributed by atoms with Gasteiger partial charge in [0.05, 0.1) is 0 Å². The molecule has 1 amide bonds. The van der Waals surface area contributed by atoms with Crippen LogP contribution in [-0.4, -0.2) is 18.2 Å². The van der Waals surface area contributed by atoms with Crippen molar-refractivity contribution in [1.82, 2.24) is 5.32 Å². The lowest BCUT2D eigenvalue weighted by molar-refractivity contribution is 0.0529. The molecule has 0 aliphatic carbocycles. The van der Waals surface area contributed by atoms with Crippen molar-refractivity contribution in [2.24, 2.45) is 0 Å². The van der Waals surface area contributed by atoms with E-state index in [4.69, 9.17) is 10.5 Å². The molecule has 0 saturated carbocycles. The van der Waals surface area contributed by atoms with E-state index in [-0.39, 0.29) is 11.3 Å². The molecule has 0 aromatic heterocycles. The van der Waals surface area contributed by atoms with E-state index in [1.807, 2.05) is 0 Å². The number of carbonyl (C=O) groups excluding carboxylic acids is 1. The third-order valence-corrected chi connectivity index (χ3v) is 2.37. The third kappa shape index (κ3) is 6.25. The highest BCUT2D eigenvalue weighted by Crippen LogP contribution is 2.18. The number of nitrogens with two attached hydrogens (primary N) is 1. The summed E-state index contributed by atoms with van der Waals surface area (Å²) in [5, 5.41) is 2.54. The first-order valence-corrected chi connectivity index (χ1v) is 6.57. The Kier molecular flexibility index (Phi) is 5.69. The van der Waals surface area contributed by atoms with Crippen LogP contribution >= 0.6 is 0 Å². The Balaban J connectivity index is 2.45. The van der Waals surface area contributed by atoms with Crippen LogP contribution in [0.25, 0.3) is 6.08 Å². The van der Waals surface area contributed by atoms with E-state index in [2.05, 4.69) is 5.32 Å². The van der Waals surface area contributed by atoms with Crippen molar-refractivity contribution in [3.8, 4) is 0 Å². The molecular weight excluding hydrogens is 278 g/mol. The Morgan fingerprint density at radius 3 is 2.43 bits per heavy atom. The molecule has 0 bridgehead atoms. The van der Waals surface area contributed by atoms with Gasteiger partial charge in [-0.3, -0.25) is 0 Å². The fourth-order valence-electron chi connectivity index (χ4n) is 1.54. The fraction of sp³-hybridized carbons (Fsp3) is 0.400. The highest BCUT2D eigenvalue weighted by atomic mass is 19.1. The van der Waals surface area contributed by atoms with Gasteiger partial charge in [0.15, 0.2) is 0 Å². The summed E-state index contributed by atoms with van der Waals surface area (Å²) in [5.74, 6) is -1.44. The average Bonchev–Trinajstić information content (AvgIpc) is 2.29. The molecule has 0 atom stereocenters. The topological polar surface area (TPSA) is 64.3 Å². The highest BCUT2D eigenvalue weighted by molar-refractivity contribution is 5.67. The first kappa shape index (κ1) is 16.9.